The Morgan fingerprint density at radius 1 is 0.727 bits per heavy atom. The highest BCUT2D eigenvalue weighted by Crippen LogP contribution is 2.67. The molecule has 0 amide bonds. The van der Waals surface area contributed by atoms with Crippen molar-refractivity contribution < 1.29 is 34.3 Å². The van der Waals surface area contributed by atoms with Crippen LogP contribution in [-0.2, 0) is 19.0 Å². The fourth-order valence-electron chi connectivity index (χ4n) is 13.9. The van der Waals surface area contributed by atoms with Crippen LogP contribution in [0.3, 0.4) is 0 Å². The standard InChI is InChI=1S/C59H102O7/c1-7-8-9-10-11-12-13-14-15-16-17-18-19-20-21-22-23-24-25-26-27-28-29-33-53(60)64-43-52-54(61)55(62)56(63)57(66-52)65-47-38-40-58(5)46(42-47)34-35-48-50-37-36-49(45(4)32-30-31-44(2)3)59(50,6)41-39-51(48)58/h13-14,16-17,34,44-45,47-52,54-57,61-63H,7-12,15,18-33,35-43H2,1-6H3/b14-13-,17-16-. The molecule has 3 saturated carbocycles. The summed E-state index contributed by atoms with van der Waals surface area (Å²) in [6, 6.07) is 0. The van der Waals surface area contributed by atoms with Crippen LogP contribution >= 0.6 is 0 Å². The number of fused-ring (bicyclic) bond motifs is 5. The normalized spacial score (nSPS) is 33.8. The molecule has 1 saturated heterocycles. The third-order valence-corrected chi connectivity index (χ3v) is 18.0. The number of carbonyl (C=O) groups is 1. The van der Waals surface area contributed by atoms with Gasteiger partial charge in [-0.2, -0.15) is 0 Å². The van der Waals surface area contributed by atoms with E-state index in [2.05, 4.69) is 71.9 Å². The van der Waals surface area contributed by atoms with E-state index in [9.17, 15) is 20.1 Å². The second-order valence-corrected chi connectivity index (χ2v) is 23.3. The summed E-state index contributed by atoms with van der Waals surface area (Å²) in [5.41, 5.74) is 2.14. The van der Waals surface area contributed by atoms with Crippen LogP contribution in [0.4, 0.5) is 0 Å². The van der Waals surface area contributed by atoms with Crippen LogP contribution < -0.4 is 0 Å². The Labute approximate surface area is 405 Å². The minimum absolute atomic E-state index is 0.141. The number of aliphatic hydroxyl groups is 3. The lowest BCUT2D eigenvalue weighted by atomic mass is 9.47. The molecular weight excluding hydrogens is 821 g/mol. The Hall–Kier alpha value is -1.51. The molecule has 1 aliphatic heterocycles. The molecule has 7 heteroatoms. The van der Waals surface area contributed by atoms with Crippen molar-refractivity contribution >= 4 is 5.97 Å². The molecule has 0 aromatic rings. The first kappa shape index (κ1) is 55.4. The number of hydrogen-bond acceptors (Lipinski definition) is 7. The first-order valence-electron chi connectivity index (χ1n) is 28.4. The molecule has 0 radical (unpaired) electrons. The van der Waals surface area contributed by atoms with Crippen molar-refractivity contribution in [2.24, 2.45) is 46.3 Å². The zero-order chi connectivity index (χ0) is 47.4. The number of carbonyl (C=O) groups excluding carboxylic acids is 1. The van der Waals surface area contributed by atoms with Gasteiger partial charge in [-0.05, 0) is 136 Å². The lowest BCUT2D eigenvalue weighted by Gasteiger charge is -2.58. The van der Waals surface area contributed by atoms with E-state index >= 15 is 0 Å². The number of rotatable bonds is 31. The molecular formula is C59H102O7. The van der Waals surface area contributed by atoms with Gasteiger partial charge in [0.1, 0.15) is 31.0 Å². The Kier molecular flexibility index (Phi) is 24.3. The van der Waals surface area contributed by atoms with Gasteiger partial charge in [0.2, 0.25) is 0 Å². The molecule has 4 fully saturated rings. The Balaban J connectivity index is 0.914. The quantitative estimate of drug-likeness (QED) is 0.0361. The summed E-state index contributed by atoms with van der Waals surface area (Å²) in [4.78, 5) is 12.7. The molecule has 4 aliphatic carbocycles. The Morgan fingerprint density at radius 2 is 1.36 bits per heavy atom. The monoisotopic (exact) mass is 923 g/mol. The van der Waals surface area contributed by atoms with Gasteiger partial charge in [0, 0.05) is 6.42 Å². The highest BCUT2D eigenvalue weighted by atomic mass is 16.7. The molecule has 0 bridgehead atoms. The van der Waals surface area contributed by atoms with E-state index in [1.165, 1.54) is 147 Å². The molecule has 5 rings (SSSR count). The van der Waals surface area contributed by atoms with Crippen LogP contribution in [0.15, 0.2) is 36.0 Å². The maximum absolute atomic E-state index is 12.7. The average Bonchev–Trinajstić information content (AvgIpc) is 3.66. The molecule has 5 aliphatic rings. The largest absolute Gasteiger partial charge is 0.463 e. The summed E-state index contributed by atoms with van der Waals surface area (Å²) in [5, 5.41) is 32.6. The fourth-order valence-corrected chi connectivity index (χ4v) is 13.9. The van der Waals surface area contributed by atoms with E-state index in [0.717, 1.165) is 81.0 Å². The molecule has 3 N–H and O–H groups in total. The van der Waals surface area contributed by atoms with E-state index in [1.807, 2.05) is 0 Å². The zero-order valence-corrected chi connectivity index (χ0v) is 43.4. The lowest BCUT2D eigenvalue weighted by Crippen LogP contribution is -2.60. The number of hydrogen-bond donors (Lipinski definition) is 3. The number of aliphatic hydroxyl groups excluding tert-OH is 3. The Morgan fingerprint density at radius 3 is 2.02 bits per heavy atom. The van der Waals surface area contributed by atoms with Gasteiger partial charge in [-0.3, -0.25) is 4.79 Å². The van der Waals surface area contributed by atoms with Crippen LogP contribution in [0.5, 0.6) is 0 Å². The van der Waals surface area contributed by atoms with Crippen molar-refractivity contribution in [3.8, 4) is 0 Å². The van der Waals surface area contributed by atoms with Gasteiger partial charge in [-0.25, -0.2) is 0 Å². The number of ether oxygens (including phenoxy) is 3. The second-order valence-electron chi connectivity index (χ2n) is 23.3. The van der Waals surface area contributed by atoms with Gasteiger partial charge in [-0.15, -0.1) is 0 Å². The van der Waals surface area contributed by atoms with E-state index in [4.69, 9.17) is 14.2 Å². The van der Waals surface area contributed by atoms with Crippen LogP contribution in [-0.4, -0.2) is 64.7 Å². The predicted octanol–water partition coefficient (Wildman–Crippen LogP) is 14.7. The van der Waals surface area contributed by atoms with Crippen molar-refractivity contribution in [1.29, 1.82) is 0 Å². The van der Waals surface area contributed by atoms with E-state index in [0.29, 0.717) is 17.8 Å². The van der Waals surface area contributed by atoms with Gasteiger partial charge in [0.15, 0.2) is 6.29 Å². The first-order chi connectivity index (χ1) is 31.9. The number of unbranched alkanes of at least 4 members (excludes halogenated alkanes) is 16. The summed E-state index contributed by atoms with van der Waals surface area (Å²) in [6.45, 7) is 14.5. The summed E-state index contributed by atoms with van der Waals surface area (Å²) in [5.74, 6) is 4.43. The number of esters is 1. The van der Waals surface area contributed by atoms with Crippen LogP contribution in [0.1, 0.15) is 241 Å². The van der Waals surface area contributed by atoms with Crippen molar-refractivity contribution in [3.05, 3.63) is 36.0 Å². The van der Waals surface area contributed by atoms with Crippen molar-refractivity contribution in [1.82, 2.24) is 0 Å². The van der Waals surface area contributed by atoms with Crippen LogP contribution in [0.25, 0.3) is 0 Å². The average molecular weight is 923 g/mol. The zero-order valence-electron chi connectivity index (χ0n) is 43.4. The molecule has 0 spiro atoms. The molecule has 380 valence electrons. The van der Waals surface area contributed by atoms with Gasteiger partial charge in [0.05, 0.1) is 6.10 Å². The highest BCUT2D eigenvalue weighted by Gasteiger charge is 2.59. The number of allylic oxidation sites excluding steroid dienone is 5. The molecule has 0 aromatic carbocycles. The first-order valence-corrected chi connectivity index (χ1v) is 28.4. The van der Waals surface area contributed by atoms with Gasteiger partial charge < -0.3 is 29.5 Å². The van der Waals surface area contributed by atoms with Gasteiger partial charge >= 0.3 is 5.97 Å². The fraction of sp³-hybridized carbons (Fsp3) is 0.881. The molecule has 66 heavy (non-hydrogen) atoms. The van der Waals surface area contributed by atoms with Crippen LogP contribution in [0, 0.1) is 46.3 Å². The maximum Gasteiger partial charge on any atom is 0.305 e. The maximum atomic E-state index is 12.7. The van der Waals surface area contributed by atoms with Gasteiger partial charge in [0.25, 0.3) is 0 Å². The summed E-state index contributed by atoms with van der Waals surface area (Å²) in [7, 11) is 0. The van der Waals surface area contributed by atoms with Crippen molar-refractivity contribution in [2.75, 3.05) is 6.61 Å². The minimum atomic E-state index is -1.44. The Bertz CT molecular complexity index is 1450. The van der Waals surface area contributed by atoms with Crippen molar-refractivity contribution in [2.45, 2.75) is 277 Å². The smallest absolute Gasteiger partial charge is 0.305 e. The summed E-state index contributed by atoms with van der Waals surface area (Å²) in [6.07, 6.45) is 42.9. The second kappa shape index (κ2) is 29.0. The minimum Gasteiger partial charge on any atom is -0.463 e. The van der Waals surface area contributed by atoms with E-state index < -0.39 is 30.7 Å². The molecule has 13 atom stereocenters. The highest BCUT2D eigenvalue weighted by molar-refractivity contribution is 5.69. The molecule has 13 unspecified atom stereocenters. The third kappa shape index (κ3) is 16.3. The lowest BCUT2D eigenvalue weighted by molar-refractivity contribution is -0.313. The molecule has 0 aromatic heterocycles. The topological polar surface area (TPSA) is 105 Å². The molecule has 7 nitrogen and oxygen atoms in total. The van der Waals surface area contributed by atoms with E-state index in [-0.39, 0.29) is 24.1 Å². The summed E-state index contributed by atoms with van der Waals surface area (Å²) < 4.78 is 18.1. The third-order valence-electron chi connectivity index (χ3n) is 18.0. The van der Waals surface area contributed by atoms with Gasteiger partial charge in [-0.1, -0.05) is 180 Å². The van der Waals surface area contributed by atoms with Crippen molar-refractivity contribution in [3.63, 3.8) is 0 Å². The van der Waals surface area contributed by atoms with Crippen LogP contribution in [0.2, 0.25) is 0 Å². The van der Waals surface area contributed by atoms with E-state index in [1.54, 1.807) is 0 Å². The predicted molar refractivity (Wildman–Crippen MR) is 272 cm³/mol. The molecule has 1 heterocycles. The summed E-state index contributed by atoms with van der Waals surface area (Å²) >= 11 is 0. The SMILES string of the molecule is CCCCCCC/C=C\C/C=C\CCCCCCCCCCCCCC(=O)OCC1OC(OC2CCC3(C)C(=CCC4C3CCC3(C)C(C(C)CCCC(C)C)CCC43)C2)C(O)C(O)C1O.